The van der Waals surface area contributed by atoms with Gasteiger partial charge in [0.15, 0.2) is 0 Å². The van der Waals surface area contributed by atoms with Crippen molar-refractivity contribution in [3.8, 4) is 0 Å². The molecule has 3 heterocycles. The van der Waals surface area contributed by atoms with Gasteiger partial charge in [0.25, 0.3) is 5.91 Å². The van der Waals surface area contributed by atoms with Gasteiger partial charge in [-0.15, -0.1) is 0 Å². The lowest BCUT2D eigenvalue weighted by Gasteiger charge is -2.29. The number of imide groups is 1. The molecule has 28 heavy (non-hydrogen) atoms. The fourth-order valence-corrected chi connectivity index (χ4v) is 4.83. The van der Waals surface area contributed by atoms with Crippen molar-refractivity contribution >= 4 is 17.7 Å². The van der Waals surface area contributed by atoms with Gasteiger partial charge < -0.3 is 15.5 Å². The number of nitrogens with zero attached hydrogens (tertiary/aromatic N) is 1. The van der Waals surface area contributed by atoms with Crippen LogP contribution in [-0.2, 0) is 22.7 Å². The summed E-state index contributed by atoms with van der Waals surface area (Å²) >= 11 is 0. The van der Waals surface area contributed by atoms with E-state index in [9.17, 15) is 14.4 Å². The number of carbonyl (C=O) groups is 3. The van der Waals surface area contributed by atoms with Gasteiger partial charge in [-0.2, -0.15) is 0 Å². The SMILES string of the molecule is O=C1CCC(N2Cc3ccc(CNCC4CC5(CC5)CN4)cc3C2=O)C(=O)N1. The molecule has 5 rings (SSSR count). The normalized spacial score (nSPS) is 28.0. The van der Waals surface area contributed by atoms with Crippen LogP contribution in [0, 0.1) is 5.41 Å². The average molecular weight is 382 g/mol. The van der Waals surface area contributed by atoms with Crippen molar-refractivity contribution in [2.24, 2.45) is 5.41 Å². The minimum Gasteiger partial charge on any atom is -0.322 e. The molecule has 3 fully saturated rings. The van der Waals surface area contributed by atoms with Crippen LogP contribution < -0.4 is 16.0 Å². The molecule has 0 aromatic heterocycles. The number of fused-ring (bicyclic) bond motifs is 1. The third-order valence-electron chi connectivity index (χ3n) is 6.71. The van der Waals surface area contributed by atoms with Crippen molar-refractivity contribution in [3.05, 3.63) is 34.9 Å². The molecule has 0 radical (unpaired) electrons. The fourth-order valence-electron chi connectivity index (χ4n) is 4.83. The van der Waals surface area contributed by atoms with Gasteiger partial charge in [-0.05, 0) is 48.3 Å². The maximum absolute atomic E-state index is 12.9. The van der Waals surface area contributed by atoms with Crippen LogP contribution in [0.2, 0.25) is 0 Å². The summed E-state index contributed by atoms with van der Waals surface area (Å²) < 4.78 is 0. The summed E-state index contributed by atoms with van der Waals surface area (Å²) in [7, 11) is 0. The molecule has 0 bridgehead atoms. The second kappa shape index (κ2) is 6.67. The van der Waals surface area contributed by atoms with Gasteiger partial charge in [0.05, 0.1) is 0 Å². The van der Waals surface area contributed by atoms with E-state index in [1.54, 1.807) is 4.90 Å². The first kappa shape index (κ1) is 17.8. The Hall–Kier alpha value is -2.25. The van der Waals surface area contributed by atoms with Crippen LogP contribution in [0.4, 0.5) is 0 Å². The van der Waals surface area contributed by atoms with Crippen LogP contribution in [0.5, 0.6) is 0 Å². The molecule has 7 heteroatoms. The average Bonchev–Trinajstić information content (AvgIpc) is 3.19. The van der Waals surface area contributed by atoms with Gasteiger partial charge in [-0.1, -0.05) is 12.1 Å². The highest BCUT2D eigenvalue weighted by molar-refractivity contribution is 6.05. The quantitative estimate of drug-likeness (QED) is 0.652. The standard InChI is InChI=1S/C21H26N4O3/c26-18-4-3-17(19(27)24-18)25-11-14-2-1-13(7-16(14)20(25)28)9-22-10-15-8-21(5-6-21)12-23-15/h1-2,7,15,17,22-23H,3-6,8-12H2,(H,24,26,27). The molecule has 3 aliphatic heterocycles. The monoisotopic (exact) mass is 382 g/mol. The zero-order chi connectivity index (χ0) is 19.3. The molecule has 2 saturated heterocycles. The minimum atomic E-state index is -0.553. The Morgan fingerprint density at radius 2 is 2.07 bits per heavy atom. The van der Waals surface area contributed by atoms with Crippen LogP contribution in [0.1, 0.15) is 53.6 Å². The van der Waals surface area contributed by atoms with Gasteiger partial charge in [0.2, 0.25) is 11.8 Å². The molecule has 1 aliphatic carbocycles. The van der Waals surface area contributed by atoms with Crippen molar-refractivity contribution in [1.82, 2.24) is 20.9 Å². The molecular formula is C21H26N4O3. The second-order valence-electron chi connectivity index (χ2n) is 8.80. The summed E-state index contributed by atoms with van der Waals surface area (Å²) in [6.07, 6.45) is 4.68. The van der Waals surface area contributed by atoms with Crippen molar-refractivity contribution in [2.45, 2.75) is 57.3 Å². The highest BCUT2D eigenvalue weighted by Crippen LogP contribution is 2.51. The lowest BCUT2D eigenvalue weighted by atomic mass is 10.0. The van der Waals surface area contributed by atoms with E-state index < -0.39 is 6.04 Å². The molecular weight excluding hydrogens is 356 g/mol. The summed E-state index contributed by atoms with van der Waals surface area (Å²) in [4.78, 5) is 38.0. The molecule has 1 aromatic rings. The van der Waals surface area contributed by atoms with Crippen LogP contribution >= 0.6 is 0 Å². The molecule has 3 N–H and O–H groups in total. The summed E-state index contributed by atoms with van der Waals surface area (Å²) in [5.41, 5.74) is 3.31. The second-order valence-corrected chi connectivity index (χ2v) is 8.80. The summed E-state index contributed by atoms with van der Waals surface area (Å²) in [6, 6.07) is 5.98. The first-order valence-electron chi connectivity index (χ1n) is 10.2. The van der Waals surface area contributed by atoms with Crippen LogP contribution in [-0.4, -0.2) is 47.8 Å². The zero-order valence-electron chi connectivity index (χ0n) is 15.9. The third kappa shape index (κ3) is 3.22. The number of carbonyl (C=O) groups excluding carboxylic acids is 3. The molecule has 2 atom stereocenters. The Morgan fingerprint density at radius 1 is 1.21 bits per heavy atom. The summed E-state index contributed by atoms with van der Waals surface area (Å²) in [6.45, 7) is 3.25. The summed E-state index contributed by atoms with van der Waals surface area (Å²) in [5, 5.41) is 9.46. The highest BCUT2D eigenvalue weighted by atomic mass is 16.2. The van der Waals surface area contributed by atoms with Gasteiger partial charge in [-0.3, -0.25) is 19.7 Å². The van der Waals surface area contributed by atoms with E-state index in [2.05, 4.69) is 22.0 Å². The largest absolute Gasteiger partial charge is 0.322 e. The van der Waals surface area contributed by atoms with E-state index in [4.69, 9.17) is 0 Å². The highest BCUT2D eigenvalue weighted by Gasteiger charge is 2.47. The zero-order valence-corrected chi connectivity index (χ0v) is 15.9. The third-order valence-corrected chi connectivity index (χ3v) is 6.71. The number of rotatable bonds is 5. The van der Waals surface area contributed by atoms with Gasteiger partial charge >= 0.3 is 0 Å². The Balaban J connectivity index is 1.20. The Labute approximate surface area is 164 Å². The molecule has 4 aliphatic rings. The number of hydrogen-bond acceptors (Lipinski definition) is 5. The summed E-state index contributed by atoms with van der Waals surface area (Å²) in [5.74, 6) is -0.737. The van der Waals surface area contributed by atoms with Gasteiger partial charge in [0.1, 0.15) is 6.04 Å². The molecule has 3 amide bonds. The molecule has 1 saturated carbocycles. The number of nitrogens with one attached hydrogen (secondary N) is 3. The Bertz CT molecular complexity index is 848. The lowest BCUT2D eigenvalue weighted by Crippen LogP contribution is -2.52. The number of hydrogen-bond donors (Lipinski definition) is 3. The van der Waals surface area contributed by atoms with E-state index in [0.29, 0.717) is 30.0 Å². The molecule has 2 unspecified atom stereocenters. The predicted octanol–water partition coefficient (Wildman–Crippen LogP) is 0.679. The van der Waals surface area contributed by atoms with Crippen molar-refractivity contribution in [2.75, 3.05) is 13.1 Å². The molecule has 1 spiro atoms. The van der Waals surface area contributed by atoms with E-state index >= 15 is 0 Å². The smallest absolute Gasteiger partial charge is 0.255 e. The van der Waals surface area contributed by atoms with E-state index in [0.717, 1.165) is 30.8 Å². The van der Waals surface area contributed by atoms with Crippen molar-refractivity contribution in [3.63, 3.8) is 0 Å². The van der Waals surface area contributed by atoms with E-state index in [1.807, 2.05) is 12.1 Å². The Morgan fingerprint density at radius 3 is 2.82 bits per heavy atom. The number of amides is 3. The van der Waals surface area contributed by atoms with Gasteiger partial charge in [0, 0.05) is 44.2 Å². The number of piperidine rings is 1. The predicted molar refractivity (Wildman–Crippen MR) is 102 cm³/mol. The minimum absolute atomic E-state index is 0.112. The topological polar surface area (TPSA) is 90.5 Å². The van der Waals surface area contributed by atoms with E-state index in [-0.39, 0.29) is 24.1 Å². The Kier molecular flexibility index (Phi) is 4.25. The van der Waals surface area contributed by atoms with Crippen LogP contribution in [0.25, 0.3) is 0 Å². The number of benzene rings is 1. The molecule has 148 valence electrons. The van der Waals surface area contributed by atoms with Crippen LogP contribution in [0.3, 0.4) is 0 Å². The first-order valence-corrected chi connectivity index (χ1v) is 10.2. The maximum Gasteiger partial charge on any atom is 0.255 e. The van der Waals surface area contributed by atoms with E-state index in [1.165, 1.54) is 19.3 Å². The molecule has 1 aromatic carbocycles. The fraction of sp³-hybridized carbons (Fsp3) is 0.571. The molecule has 7 nitrogen and oxygen atoms in total. The lowest BCUT2D eigenvalue weighted by molar-refractivity contribution is -0.136. The maximum atomic E-state index is 12.9. The van der Waals surface area contributed by atoms with Crippen molar-refractivity contribution < 1.29 is 14.4 Å². The first-order chi connectivity index (χ1) is 13.5. The van der Waals surface area contributed by atoms with Gasteiger partial charge in [-0.25, -0.2) is 0 Å². The van der Waals surface area contributed by atoms with Crippen molar-refractivity contribution in [1.29, 1.82) is 0 Å². The van der Waals surface area contributed by atoms with Crippen LogP contribution in [0.15, 0.2) is 18.2 Å².